The lowest BCUT2D eigenvalue weighted by Gasteiger charge is -2.18. The molecule has 1 heterocycles. The normalized spacial score (nSPS) is 12.1. The molecule has 1 aromatic heterocycles. The van der Waals surface area contributed by atoms with E-state index in [0.29, 0.717) is 12.2 Å². The number of nitrogens with zero attached hydrogens (tertiary/aromatic N) is 2. The lowest BCUT2D eigenvalue weighted by molar-refractivity contribution is 0.00444. The average Bonchev–Trinajstić information content (AvgIpc) is 3.15. The van der Waals surface area contributed by atoms with Crippen molar-refractivity contribution in [2.45, 2.75) is 53.5 Å². The summed E-state index contributed by atoms with van der Waals surface area (Å²) in [4.78, 5) is 16.7. The fourth-order valence-corrected chi connectivity index (χ4v) is 4.35. The van der Waals surface area contributed by atoms with Gasteiger partial charge < -0.3 is 19.7 Å². The number of imidazole rings is 1. The zero-order valence-electron chi connectivity index (χ0n) is 20.1. The predicted octanol–water partition coefficient (Wildman–Crippen LogP) is 6.40. The molecule has 6 nitrogen and oxygen atoms in total. The summed E-state index contributed by atoms with van der Waals surface area (Å²) in [6, 6.07) is 19.7. The molecule has 0 saturated heterocycles. The summed E-state index contributed by atoms with van der Waals surface area (Å²) >= 11 is 0. The quantitative estimate of drug-likeness (QED) is 0.304. The van der Waals surface area contributed by atoms with Crippen LogP contribution in [-0.4, -0.2) is 20.6 Å². The average molecular weight is 458 g/mol. The van der Waals surface area contributed by atoms with Crippen LogP contribution in [0, 0.1) is 20.8 Å². The number of nitrogens with one attached hydrogen (secondary N) is 1. The van der Waals surface area contributed by atoms with Crippen molar-refractivity contribution >= 4 is 22.7 Å². The summed E-state index contributed by atoms with van der Waals surface area (Å²) in [5, 5.41) is 13.2. The van der Waals surface area contributed by atoms with Gasteiger partial charge in [-0.2, -0.15) is 0 Å². The van der Waals surface area contributed by atoms with E-state index in [2.05, 4.69) is 50.4 Å². The van der Waals surface area contributed by atoms with Gasteiger partial charge in [0.15, 0.2) is 0 Å². The summed E-state index contributed by atoms with van der Waals surface area (Å²) in [6.07, 6.45) is 0.779. The molecule has 0 radical (unpaired) electrons. The molecule has 0 aliphatic heterocycles. The maximum atomic E-state index is 11.9. The summed E-state index contributed by atoms with van der Waals surface area (Å²) in [5.41, 5.74) is 7.11. The summed E-state index contributed by atoms with van der Waals surface area (Å²) in [7, 11) is 0. The van der Waals surface area contributed by atoms with E-state index in [0.717, 1.165) is 28.8 Å². The van der Waals surface area contributed by atoms with Crippen LogP contribution in [-0.2, 0) is 18.0 Å². The number of aryl methyl sites for hydroxylation is 3. The fraction of sp³-hybridized carbons (Fsp3) is 0.286. The molecular formula is C28H31N3O3. The molecule has 0 bridgehead atoms. The smallest absolute Gasteiger partial charge is 0.335 e. The van der Waals surface area contributed by atoms with Crippen molar-refractivity contribution in [3.8, 4) is 0 Å². The van der Waals surface area contributed by atoms with Gasteiger partial charge in [0.25, 0.3) is 0 Å². The number of aromatic carboxylic acids is 1. The molecule has 1 unspecified atom stereocenters. The second kappa shape index (κ2) is 10.1. The maximum absolute atomic E-state index is 11.9. The second-order valence-corrected chi connectivity index (χ2v) is 8.61. The highest BCUT2D eigenvalue weighted by atomic mass is 16.5. The highest BCUT2D eigenvalue weighted by molar-refractivity contribution is 5.98. The Morgan fingerprint density at radius 2 is 1.76 bits per heavy atom. The van der Waals surface area contributed by atoms with Gasteiger partial charge in [0.05, 0.1) is 22.9 Å². The third-order valence-electron chi connectivity index (χ3n) is 6.34. The predicted molar refractivity (Wildman–Crippen MR) is 135 cm³/mol. The van der Waals surface area contributed by atoms with Crippen LogP contribution in [0.2, 0.25) is 0 Å². The third kappa shape index (κ3) is 4.82. The monoisotopic (exact) mass is 457 g/mol. The lowest BCUT2D eigenvalue weighted by Crippen LogP contribution is -2.10. The van der Waals surface area contributed by atoms with E-state index in [-0.39, 0.29) is 18.4 Å². The maximum Gasteiger partial charge on any atom is 0.335 e. The van der Waals surface area contributed by atoms with Gasteiger partial charge in [-0.05, 0) is 61.6 Å². The van der Waals surface area contributed by atoms with E-state index in [1.54, 1.807) is 12.1 Å². The van der Waals surface area contributed by atoms with E-state index in [1.165, 1.54) is 16.7 Å². The van der Waals surface area contributed by atoms with Crippen LogP contribution in [0.25, 0.3) is 11.0 Å². The molecule has 34 heavy (non-hydrogen) atoms. The number of carboxylic acid groups (broad SMARTS) is 1. The number of aromatic nitrogens is 2. The number of hydrogen-bond acceptors (Lipinski definition) is 4. The molecule has 6 heteroatoms. The summed E-state index contributed by atoms with van der Waals surface area (Å²) in [5.74, 6) is -0.199. The molecule has 2 N–H and O–H groups in total. The minimum absolute atomic E-state index is 0.0534. The molecule has 0 aliphatic carbocycles. The number of anilines is 1. The minimum atomic E-state index is -0.973. The molecule has 4 aromatic rings. The number of ether oxygens (including phenoxy) is 1. The largest absolute Gasteiger partial charge is 0.478 e. The van der Waals surface area contributed by atoms with Crippen molar-refractivity contribution in [2.75, 3.05) is 5.32 Å². The Morgan fingerprint density at radius 1 is 1.06 bits per heavy atom. The van der Waals surface area contributed by atoms with Gasteiger partial charge in [0, 0.05) is 6.54 Å². The van der Waals surface area contributed by atoms with E-state index >= 15 is 0 Å². The first-order valence-corrected chi connectivity index (χ1v) is 11.6. The molecule has 3 aromatic carbocycles. The van der Waals surface area contributed by atoms with Crippen LogP contribution in [0.3, 0.4) is 0 Å². The molecule has 0 aliphatic rings. The van der Waals surface area contributed by atoms with Gasteiger partial charge in [0.1, 0.15) is 18.1 Å². The highest BCUT2D eigenvalue weighted by Gasteiger charge is 2.18. The van der Waals surface area contributed by atoms with Crippen molar-refractivity contribution in [3.63, 3.8) is 0 Å². The topological polar surface area (TPSA) is 76.4 Å². The molecule has 0 fully saturated rings. The molecule has 176 valence electrons. The zero-order valence-corrected chi connectivity index (χ0v) is 20.1. The van der Waals surface area contributed by atoms with Gasteiger partial charge in [-0.15, -0.1) is 0 Å². The molecule has 0 spiro atoms. The Labute approximate surface area is 200 Å². The van der Waals surface area contributed by atoms with Gasteiger partial charge in [-0.1, -0.05) is 55.5 Å². The van der Waals surface area contributed by atoms with Crippen LogP contribution in [0.1, 0.15) is 57.9 Å². The van der Waals surface area contributed by atoms with Crippen molar-refractivity contribution in [1.29, 1.82) is 0 Å². The molecule has 0 amide bonds. The van der Waals surface area contributed by atoms with Gasteiger partial charge in [-0.3, -0.25) is 0 Å². The third-order valence-corrected chi connectivity index (χ3v) is 6.34. The van der Waals surface area contributed by atoms with Gasteiger partial charge in [0.2, 0.25) is 0 Å². The number of fused-ring (bicyclic) bond motifs is 1. The molecule has 4 rings (SSSR count). The van der Waals surface area contributed by atoms with Crippen LogP contribution in [0.15, 0.2) is 60.7 Å². The Hall–Kier alpha value is -3.64. The van der Waals surface area contributed by atoms with Crippen molar-refractivity contribution in [3.05, 3.63) is 94.3 Å². The van der Waals surface area contributed by atoms with Crippen molar-refractivity contribution in [2.24, 2.45) is 0 Å². The van der Waals surface area contributed by atoms with Crippen LogP contribution in [0.5, 0.6) is 0 Å². The van der Waals surface area contributed by atoms with E-state index < -0.39 is 5.97 Å². The van der Waals surface area contributed by atoms with Crippen LogP contribution < -0.4 is 5.32 Å². The Kier molecular flexibility index (Phi) is 6.98. The van der Waals surface area contributed by atoms with Crippen LogP contribution >= 0.6 is 0 Å². The number of benzene rings is 3. The second-order valence-electron chi connectivity index (χ2n) is 8.61. The first kappa shape index (κ1) is 23.5. The summed E-state index contributed by atoms with van der Waals surface area (Å²) in [6.45, 7) is 9.05. The van der Waals surface area contributed by atoms with Crippen molar-refractivity contribution in [1.82, 2.24) is 9.55 Å². The molecular weight excluding hydrogens is 426 g/mol. The first-order chi connectivity index (χ1) is 16.4. The standard InChI is InChI=1S/C28H31N3O3/c1-5-26(21-12-7-6-8-13-21)34-17-31-20(4)30-27-24(14-22(28(32)33)15-25(27)31)29-16-23-18(2)10-9-11-19(23)3/h6-15,26,29H,5,16-17H2,1-4H3,(H,32,33). The molecule has 1 atom stereocenters. The van der Waals surface area contributed by atoms with Gasteiger partial charge >= 0.3 is 5.97 Å². The summed E-state index contributed by atoms with van der Waals surface area (Å²) < 4.78 is 8.21. The zero-order chi connectivity index (χ0) is 24.2. The van der Waals surface area contributed by atoms with Crippen LogP contribution in [0.4, 0.5) is 5.69 Å². The minimum Gasteiger partial charge on any atom is -0.478 e. The number of carbonyl (C=O) groups is 1. The molecule has 0 saturated carbocycles. The fourth-order valence-electron chi connectivity index (χ4n) is 4.35. The van der Waals surface area contributed by atoms with E-state index in [1.807, 2.05) is 35.8 Å². The first-order valence-electron chi connectivity index (χ1n) is 11.6. The highest BCUT2D eigenvalue weighted by Crippen LogP contribution is 2.29. The number of hydrogen-bond donors (Lipinski definition) is 2. The lowest BCUT2D eigenvalue weighted by atomic mass is 10.0. The van der Waals surface area contributed by atoms with E-state index in [4.69, 9.17) is 9.72 Å². The van der Waals surface area contributed by atoms with Gasteiger partial charge in [-0.25, -0.2) is 9.78 Å². The Morgan fingerprint density at radius 3 is 2.41 bits per heavy atom. The van der Waals surface area contributed by atoms with E-state index in [9.17, 15) is 9.90 Å². The van der Waals surface area contributed by atoms with Crippen molar-refractivity contribution < 1.29 is 14.6 Å². The Bertz CT molecular complexity index is 1290. The number of rotatable bonds is 9. The Balaban J connectivity index is 1.67. The number of carboxylic acids is 1. The SMILES string of the molecule is CCC(OCn1c(C)nc2c(NCc3c(C)cccc3C)cc(C(=O)O)cc21)c1ccccc1.